The number of hydrogen-bond acceptors (Lipinski definition) is 0. The van der Waals surface area contributed by atoms with Gasteiger partial charge in [0.1, 0.15) is 0 Å². The van der Waals surface area contributed by atoms with E-state index in [4.69, 9.17) is 0 Å². The molecular weight excluding hydrogens is 292 g/mol. The Morgan fingerprint density at radius 1 is 0.542 bits per heavy atom. The van der Waals surface area contributed by atoms with Crippen LogP contribution in [0, 0.1) is 27.7 Å². The molecule has 0 bridgehead atoms. The summed E-state index contributed by atoms with van der Waals surface area (Å²) >= 11 is 0. The quantitative estimate of drug-likeness (QED) is 0.650. The van der Waals surface area contributed by atoms with Crippen molar-refractivity contribution in [2.75, 3.05) is 0 Å². The van der Waals surface area contributed by atoms with Crippen molar-refractivity contribution in [1.82, 2.24) is 0 Å². The number of rotatable bonds is 4. The fraction of sp³-hybridized carbons (Fsp3) is 0.273. The summed E-state index contributed by atoms with van der Waals surface area (Å²) < 4.78 is 4.52. The van der Waals surface area contributed by atoms with E-state index in [9.17, 15) is 0 Å². The second-order valence-corrected chi connectivity index (χ2v) is 6.94. The molecule has 3 aromatic rings. The van der Waals surface area contributed by atoms with E-state index in [0.29, 0.717) is 0 Å². The van der Waals surface area contributed by atoms with Crippen molar-refractivity contribution >= 4 is 0 Å². The number of hydrogen-bond donors (Lipinski definition) is 0. The Labute approximate surface area is 145 Å². The molecule has 2 aromatic heterocycles. The lowest BCUT2D eigenvalue weighted by molar-refractivity contribution is -0.689. The Kier molecular flexibility index (Phi) is 4.75. The molecule has 0 unspecified atom stereocenters. The van der Waals surface area contributed by atoms with Gasteiger partial charge in [-0.3, -0.25) is 0 Å². The first-order valence-corrected chi connectivity index (χ1v) is 8.50. The van der Waals surface area contributed by atoms with Crippen molar-refractivity contribution in [2.24, 2.45) is 0 Å². The zero-order valence-corrected chi connectivity index (χ0v) is 15.1. The van der Waals surface area contributed by atoms with Crippen LogP contribution < -0.4 is 9.13 Å². The molecule has 0 fully saturated rings. The van der Waals surface area contributed by atoms with Gasteiger partial charge in [0.05, 0.1) is 0 Å². The van der Waals surface area contributed by atoms with Crippen LogP contribution in [0.2, 0.25) is 0 Å². The molecule has 0 spiro atoms. The molecule has 1 aromatic carbocycles. The largest absolute Gasteiger partial charge is 0.200 e. The smallest absolute Gasteiger partial charge is 0.173 e. The predicted octanol–water partition coefficient (Wildman–Crippen LogP) is 3.59. The van der Waals surface area contributed by atoms with E-state index in [1.807, 2.05) is 0 Å². The van der Waals surface area contributed by atoms with Crippen LogP contribution in [0.5, 0.6) is 0 Å². The number of pyridine rings is 2. The molecule has 2 nitrogen and oxygen atoms in total. The Hall–Kier alpha value is -2.48. The Balaban J connectivity index is 1.73. The fourth-order valence-electron chi connectivity index (χ4n) is 3.34. The van der Waals surface area contributed by atoms with E-state index in [2.05, 4.69) is 98.0 Å². The number of aromatic nitrogens is 2. The third kappa shape index (κ3) is 4.29. The first kappa shape index (κ1) is 16.4. The van der Waals surface area contributed by atoms with Gasteiger partial charge in [-0.05, 0) is 39.8 Å². The minimum absolute atomic E-state index is 0.916. The lowest BCUT2D eigenvalue weighted by atomic mass is 10.1. The summed E-state index contributed by atoms with van der Waals surface area (Å²) in [6.45, 7) is 10.4. The molecule has 2 heterocycles. The van der Waals surface area contributed by atoms with Gasteiger partial charge >= 0.3 is 0 Å². The average molecular weight is 318 g/mol. The van der Waals surface area contributed by atoms with Gasteiger partial charge in [-0.1, -0.05) is 24.3 Å². The SMILES string of the molecule is Cc1cc(C)c[n+](Cc2ccc(C[n+]3cc(C)cc(C)c3)cc2)c1. The van der Waals surface area contributed by atoms with E-state index in [1.165, 1.54) is 33.4 Å². The molecule has 0 radical (unpaired) electrons. The summed E-state index contributed by atoms with van der Waals surface area (Å²) in [6, 6.07) is 13.4. The van der Waals surface area contributed by atoms with Crippen molar-refractivity contribution in [1.29, 1.82) is 0 Å². The van der Waals surface area contributed by atoms with Crippen molar-refractivity contribution in [3.63, 3.8) is 0 Å². The normalized spacial score (nSPS) is 10.8. The minimum Gasteiger partial charge on any atom is -0.200 e. The Morgan fingerprint density at radius 3 is 1.12 bits per heavy atom. The molecule has 122 valence electrons. The monoisotopic (exact) mass is 318 g/mol. The predicted molar refractivity (Wildman–Crippen MR) is 96.9 cm³/mol. The lowest BCUT2D eigenvalue weighted by Gasteiger charge is -2.03. The number of benzene rings is 1. The highest BCUT2D eigenvalue weighted by Crippen LogP contribution is 2.06. The summed E-state index contributed by atoms with van der Waals surface area (Å²) in [5.41, 5.74) is 7.88. The first-order valence-electron chi connectivity index (χ1n) is 8.50. The van der Waals surface area contributed by atoms with Crippen molar-refractivity contribution in [3.8, 4) is 0 Å². The zero-order valence-electron chi connectivity index (χ0n) is 15.1. The lowest BCUT2D eigenvalue weighted by Crippen LogP contribution is -2.35. The van der Waals surface area contributed by atoms with Crippen LogP contribution in [0.15, 0.2) is 61.2 Å². The first-order chi connectivity index (χ1) is 11.5. The third-order valence-corrected chi connectivity index (χ3v) is 4.14. The van der Waals surface area contributed by atoms with Crippen LogP contribution >= 0.6 is 0 Å². The Morgan fingerprint density at radius 2 is 0.833 bits per heavy atom. The van der Waals surface area contributed by atoms with Crippen LogP contribution in [0.1, 0.15) is 33.4 Å². The molecule has 3 rings (SSSR count). The minimum atomic E-state index is 0.916. The van der Waals surface area contributed by atoms with Gasteiger partial charge < -0.3 is 0 Å². The summed E-state index contributed by atoms with van der Waals surface area (Å²) in [5, 5.41) is 0. The maximum absolute atomic E-state index is 2.26. The summed E-state index contributed by atoms with van der Waals surface area (Å²) in [6.07, 6.45) is 8.80. The molecule has 0 aliphatic carbocycles. The van der Waals surface area contributed by atoms with E-state index >= 15 is 0 Å². The van der Waals surface area contributed by atoms with Crippen LogP contribution in [0.25, 0.3) is 0 Å². The second-order valence-electron chi connectivity index (χ2n) is 6.94. The molecule has 2 heteroatoms. The molecule has 0 N–H and O–H groups in total. The van der Waals surface area contributed by atoms with Gasteiger partial charge in [0, 0.05) is 33.4 Å². The summed E-state index contributed by atoms with van der Waals surface area (Å²) in [7, 11) is 0. The topological polar surface area (TPSA) is 7.76 Å². The van der Waals surface area contributed by atoms with Gasteiger partial charge in [-0.2, -0.15) is 0 Å². The van der Waals surface area contributed by atoms with Crippen LogP contribution in [0.4, 0.5) is 0 Å². The highest BCUT2D eigenvalue weighted by molar-refractivity contribution is 5.22. The molecule has 0 saturated carbocycles. The van der Waals surface area contributed by atoms with Crippen molar-refractivity contribution in [3.05, 3.63) is 94.6 Å². The van der Waals surface area contributed by atoms with Crippen LogP contribution in [-0.4, -0.2) is 0 Å². The molecule has 0 amide bonds. The molecule has 0 aliphatic rings. The Bertz CT molecular complexity index is 735. The van der Waals surface area contributed by atoms with Crippen molar-refractivity contribution < 1.29 is 9.13 Å². The van der Waals surface area contributed by atoms with Gasteiger partial charge in [0.15, 0.2) is 37.9 Å². The van der Waals surface area contributed by atoms with E-state index in [-0.39, 0.29) is 0 Å². The third-order valence-electron chi connectivity index (χ3n) is 4.14. The van der Waals surface area contributed by atoms with E-state index < -0.39 is 0 Å². The van der Waals surface area contributed by atoms with Crippen molar-refractivity contribution in [2.45, 2.75) is 40.8 Å². The maximum Gasteiger partial charge on any atom is 0.173 e. The summed E-state index contributed by atoms with van der Waals surface area (Å²) in [4.78, 5) is 0. The fourth-order valence-corrected chi connectivity index (χ4v) is 3.34. The highest BCUT2D eigenvalue weighted by Gasteiger charge is 2.08. The van der Waals surface area contributed by atoms with Crippen LogP contribution in [-0.2, 0) is 13.1 Å². The molecule has 0 saturated heterocycles. The molecule has 0 aliphatic heterocycles. The zero-order chi connectivity index (χ0) is 17.1. The molecule has 24 heavy (non-hydrogen) atoms. The average Bonchev–Trinajstić information content (AvgIpc) is 2.47. The van der Waals surface area contributed by atoms with Gasteiger partial charge in [-0.25, -0.2) is 9.13 Å². The summed E-state index contributed by atoms with van der Waals surface area (Å²) in [5.74, 6) is 0. The number of nitrogens with zero attached hydrogens (tertiary/aromatic N) is 2. The molecule has 0 atom stereocenters. The second kappa shape index (κ2) is 6.96. The molecular formula is C22H26N2+2. The van der Waals surface area contributed by atoms with E-state index in [1.54, 1.807) is 0 Å². The maximum atomic E-state index is 2.26. The standard InChI is InChI=1S/C22H26N2/c1-17-9-18(2)12-23(11-17)15-21-5-7-22(8-6-21)16-24-13-19(3)10-20(4)14-24/h5-14H,15-16H2,1-4H3/q+2. The van der Waals surface area contributed by atoms with Gasteiger partial charge in [-0.15, -0.1) is 0 Å². The number of aryl methyl sites for hydroxylation is 4. The highest BCUT2D eigenvalue weighted by atomic mass is 14.9. The van der Waals surface area contributed by atoms with Crippen LogP contribution in [0.3, 0.4) is 0 Å². The van der Waals surface area contributed by atoms with Gasteiger partial charge in [0.25, 0.3) is 0 Å². The van der Waals surface area contributed by atoms with Gasteiger partial charge in [0.2, 0.25) is 0 Å². The van der Waals surface area contributed by atoms with E-state index in [0.717, 1.165) is 13.1 Å².